The number of aryl methyl sites for hydroxylation is 1. The monoisotopic (exact) mass is 430 g/mol. The first-order valence-electron chi connectivity index (χ1n) is 9.91. The summed E-state index contributed by atoms with van der Waals surface area (Å²) in [7, 11) is 1.71. The second kappa shape index (κ2) is 9.06. The zero-order valence-electron chi connectivity index (χ0n) is 17.4. The molecule has 0 radical (unpaired) electrons. The predicted octanol–water partition coefficient (Wildman–Crippen LogP) is 4.19. The van der Waals surface area contributed by atoms with E-state index in [1.807, 2.05) is 60.2 Å². The van der Waals surface area contributed by atoms with E-state index in [2.05, 4.69) is 27.3 Å². The first-order chi connectivity index (χ1) is 15.1. The van der Waals surface area contributed by atoms with E-state index in [9.17, 15) is 4.79 Å². The molecular weight excluding hydrogens is 408 g/mol. The molecule has 0 unspecified atom stereocenters. The molecule has 0 saturated heterocycles. The topological polar surface area (TPSA) is 90.6 Å². The number of aromatic amines is 1. The Hall–Kier alpha value is -3.57. The van der Waals surface area contributed by atoms with E-state index in [-0.39, 0.29) is 11.7 Å². The summed E-state index contributed by atoms with van der Waals surface area (Å²) in [6.45, 7) is 2.46. The summed E-state index contributed by atoms with van der Waals surface area (Å²) in [6, 6.07) is 18.2. The van der Waals surface area contributed by atoms with Gasteiger partial charge in [0.25, 0.3) is 0 Å². The van der Waals surface area contributed by atoms with Gasteiger partial charge >= 0.3 is 0 Å². The largest absolute Gasteiger partial charge is 0.360 e. The third-order valence-electron chi connectivity index (χ3n) is 5.13. The third kappa shape index (κ3) is 4.18. The molecule has 2 heterocycles. The Labute approximate surface area is 184 Å². The number of carbonyl (C=O) groups is 1. The minimum Gasteiger partial charge on any atom is -0.360 e. The minimum absolute atomic E-state index is 0.0479. The van der Waals surface area contributed by atoms with E-state index in [1.54, 1.807) is 11.9 Å². The van der Waals surface area contributed by atoms with Crippen LogP contribution in [0.2, 0.25) is 0 Å². The van der Waals surface area contributed by atoms with Crippen LogP contribution in [0.1, 0.15) is 12.0 Å². The van der Waals surface area contributed by atoms with Gasteiger partial charge in [-0.1, -0.05) is 48.2 Å². The number of thioether (sulfide) groups is 1. The van der Waals surface area contributed by atoms with E-state index in [0.717, 1.165) is 33.5 Å². The molecule has 0 saturated carbocycles. The molecule has 4 aromatic rings. The highest BCUT2D eigenvalue weighted by molar-refractivity contribution is 7.99. The van der Waals surface area contributed by atoms with Crippen molar-refractivity contribution in [2.75, 3.05) is 19.3 Å². The van der Waals surface area contributed by atoms with E-state index < -0.39 is 0 Å². The number of hydrogen-bond donors (Lipinski definition) is 1. The van der Waals surface area contributed by atoms with Crippen LogP contribution in [0, 0.1) is 18.3 Å². The van der Waals surface area contributed by atoms with Crippen LogP contribution in [0.3, 0.4) is 0 Å². The van der Waals surface area contributed by atoms with Crippen LogP contribution < -0.4 is 0 Å². The summed E-state index contributed by atoms with van der Waals surface area (Å²) in [6.07, 6.45) is 2.26. The minimum atomic E-state index is -0.0479. The maximum atomic E-state index is 12.5. The Morgan fingerprint density at radius 3 is 2.77 bits per heavy atom. The molecule has 0 spiro atoms. The van der Waals surface area contributed by atoms with Crippen LogP contribution in [-0.4, -0.2) is 49.9 Å². The fraction of sp³-hybridized carbons (Fsp3) is 0.217. The van der Waals surface area contributed by atoms with Crippen molar-refractivity contribution in [1.82, 2.24) is 24.6 Å². The van der Waals surface area contributed by atoms with Crippen molar-refractivity contribution >= 4 is 28.6 Å². The molecule has 0 atom stereocenters. The molecule has 31 heavy (non-hydrogen) atoms. The number of nitrogens with one attached hydrogen (secondary N) is 1. The van der Waals surface area contributed by atoms with Crippen molar-refractivity contribution < 1.29 is 4.79 Å². The number of hydrogen-bond acceptors (Lipinski definition) is 5. The summed E-state index contributed by atoms with van der Waals surface area (Å²) in [5.74, 6) is 0.896. The number of amides is 1. The molecule has 4 rings (SSSR count). The van der Waals surface area contributed by atoms with Gasteiger partial charge in [0.1, 0.15) is 0 Å². The molecule has 8 heteroatoms. The van der Waals surface area contributed by atoms with Crippen LogP contribution in [-0.2, 0) is 4.79 Å². The maximum absolute atomic E-state index is 12.5. The number of para-hydroxylation sites is 2. The number of H-pyrrole nitrogens is 1. The smallest absolute Gasteiger partial charge is 0.232 e. The number of rotatable bonds is 7. The lowest BCUT2D eigenvalue weighted by molar-refractivity contribution is -0.127. The van der Waals surface area contributed by atoms with Crippen LogP contribution in [0.25, 0.3) is 28.0 Å². The van der Waals surface area contributed by atoms with Gasteiger partial charge in [-0.15, -0.1) is 10.2 Å². The van der Waals surface area contributed by atoms with Crippen molar-refractivity contribution in [3.05, 3.63) is 60.3 Å². The van der Waals surface area contributed by atoms with Gasteiger partial charge in [-0.05, 0) is 24.6 Å². The molecule has 0 aliphatic rings. The van der Waals surface area contributed by atoms with E-state index in [0.29, 0.717) is 18.1 Å². The van der Waals surface area contributed by atoms with Crippen molar-refractivity contribution in [3.8, 4) is 23.1 Å². The van der Waals surface area contributed by atoms with E-state index >= 15 is 0 Å². The van der Waals surface area contributed by atoms with Gasteiger partial charge in [0, 0.05) is 36.3 Å². The lowest BCUT2D eigenvalue weighted by Crippen LogP contribution is -2.29. The zero-order valence-corrected chi connectivity index (χ0v) is 18.2. The number of nitriles is 1. The van der Waals surface area contributed by atoms with Gasteiger partial charge in [0.2, 0.25) is 5.91 Å². The normalized spacial score (nSPS) is 10.9. The summed E-state index contributed by atoms with van der Waals surface area (Å²) in [5, 5.41) is 19.4. The lowest BCUT2D eigenvalue weighted by Gasteiger charge is -2.16. The van der Waals surface area contributed by atoms with E-state index in [4.69, 9.17) is 5.26 Å². The van der Waals surface area contributed by atoms with Gasteiger partial charge in [0.15, 0.2) is 11.0 Å². The molecule has 0 aliphatic carbocycles. The second-order valence-electron chi connectivity index (χ2n) is 7.19. The molecule has 0 aliphatic heterocycles. The Bertz CT molecular complexity index is 1270. The highest BCUT2D eigenvalue weighted by Gasteiger charge is 2.21. The van der Waals surface area contributed by atoms with Crippen molar-refractivity contribution in [2.24, 2.45) is 0 Å². The summed E-state index contributed by atoms with van der Waals surface area (Å²) >= 11 is 1.35. The number of fused-ring (bicyclic) bond motifs is 1. The second-order valence-corrected chi connectivity index (χ2v) is 8.13. The van der Waals surface area contributed by atoms with Crippen LogP contribution in [0.15, 0.2) is 59.9 Å². The van der Waals surface area contributed by atoms with Crippen LogP contribution in [0.5, 0.6) is 0 Å². The first-order valence-corrected chi connectivity index (χ1v) is 10.9. The molecule has 1 N–H and O–H groups in total. The molecule has 0 fully saturated rings. The summed E-state index contributed by atoms with van der Waals surface area (Å²) < 4.78 is 2.01. The Morgan fingerprint density at radius 1 is 1.19 bits per heavy atom. The molecule has 2 aromatic heterocycles. The highest BCUT2D eigenvalue weighted by atomic mass is 32.2. The summed E-state index contributed by atoms with van der Waals surface area (Å²) in [4.78, 5) is 17.4. The average Bonchev–Trinajstić information content (AvgIpc) is 3.40. The number of benzene rings is 2. The van der Waals surface area contributed by atoms with Gasteiger partial charge in [-0.3, -0.25) is 9.36 Å². The maximum Gasteiger partial charge on any atom is 0.232 e. The Morgan fingerprint density at radius 2 is 1.97 bits per heavy atom. The molecular formula is C23H22N6OS. The fourth-order valence-electron chi connectivity index (χ4n) is 3.40. The lowest BCUT2D eigenvalue weighted by atomic mass is 10.1. The Balaban J connectivity index is 1.73. The standard InChI is InChI=1S/C23H22N6OS/c1-16-8-3-6-11-20(16)29-22(18-14-25-19-10-5-4-9-17(18)19)26-27-23(29)31-15-21(30)28(2)13-7-12-24/h3-6,8-11,14,25H,7,13,15H2,1-2H3. The zero-order chi connectivity index (χ0) is 21.8. The van der Waals surface area contributed by atoms with Crippen LogP contribution >= 0.6 is 11.8 Å². The molecule has 2 aromatic carbocycles. The van der Waals surface area contributed by atoms with Crippen molar-refractivity contribution in [1.29, 1.82) is 5.26 Å². The summed E-state index contributed by atoms with van der Waals surface area (Å²) in [5.41, 5.74) is 4.04. The van der Waals surface area contributed by atoms with Gasteiger partial charge in [-0.25, -0.2) is 0 Å². The SMILES string of the molecule is Cc1ccccc1-n1c(SCC(=O)N(C)CCC#N)nnc1-c1c[nH]c2ccccc12. The van der Waals surface area contributed by atoms with Crippen LogP contribution in [0.4, 0.5) is 0 Å². The van der Waals surface area contributed by atoms with Gasteiger partial charge in [-0.2, -0.15) is 5.26 Å². The van der Waals surface area contributed by atoms with E-state index in [1.165, 1.54) is 11.8 Å². The number of nitrogens with zero attached hydrogens (tertiary/aromatic N) is 5. The Kier molecular flexibility index (Phi) is 6.05. The molecule has 156 valence electrons. The fourth-order valence-corrected chi connectivity index (χ4v) is 4.29. The first kappa shape index (κ1) is 20.7. The molecule has 1 amide bonds. The van der Waals surface area contributed by atoms with Crippen molar-refractivity contribution in [2.45, 2.75) is 18.5 Å². The van der Waals surface area contributed by atoms with Gasteiger partial charge in [0.05, 0.1) is 23.9 Å². The third-order valence-corrected chi connectivity index (χ3v) is 6.04. The quantitative estimate of drug-likeness (QED) is 0.444. The molecule has 0 bridgehead atoms. The van der Waals surface area contributed by atoms with Gasteiger partial charge < -0.3 is 9.88 Å². The predicted molar refractivity (Wildman–Crippen MR) is 122 cm³/mol. The van der Waals surface area contributed by atoms with Crippen molar-refractivity contribution in [3.63, 3.8) is 0 Å². The highest BCUT2D eigenvalue weighted by Crippen LogP contribution is 2.33. The average molecular weight is 431 g/mol. The number of aromatic nitrogens is 4. The molecule has 7 nitrogen and oxygen atoms in total. The number of carbonyl (C=O) groups excluding carboxylic acids is 1.